The molecular formula is C6H9N5O2. The molecule has 1 rings (SSSR count). The number of nitrogen functional groups attached to an aromatic ring is 1. The number of anilines is 1. The minimum atomic E-state index is 0.0144. The Morgan fingerprint density at radius 2 is 2.46 bits per heavy atom. The molecule has 1 heterocycles. The highest BCUT2D eigenvalue weighted by Crippen LogP contribution is 2.02. The first-order valence-electron chi connectivity index (χ1n) is 3.40. The zero-order chi connectivity index (χ0) is 9.68. The van der Waals surface area contributed by atoms with Gasteiger partial charge in [0, 0.05) is 0 Å². The van der Waals surface area contributed by atoms with Crippen LogP contribution in [-0.2, 0) is 4.84 Å². The molecule has 1 aromatic rings. The van der Waals surface area contributed by atoms with E-state index < -0.39 is 0 Å². The van der Waals surface area contributed by atoms with Gasteiger partial charge in [0.15, 0.2) is 17.3 Å². The summed E-state index contributed by atoms with van der Waals surface area (Å²) in [5, 5.41) is 10.2. The van der Waals surface area contributed by atoms with Gasteiger partial charge in [-0.15, -0.1) is 0 Å². The van der Waals surface area contributed by atoms with Gasteiger partial charge in [-0.2, -0.15) is 0 Å². The van der Waals surface area contributed by atoms with Gasteiger partial charge >= 0.3 is 0 Å². The molecule has 0 amide bonds. The molecule has 70 valence electrons. The Hall–Kier alpha value is -2.05. The Morgan fingerprint density at radius 3 is 3.00 bits per heavy atom. The molecule has 0 radical (unpaired) electrons. The molecule has 7 heteroatoms. The number of nitrogens with zero attached hydrogens (tertiary/aromatic N) is 3. The number of nitrogens with two attached hydrogens (primary N) is 2. The summed E-state index contributed by atoms with van der Waals surface area (Å²) in [6.07, 6.45) is 1.53. The summed E-state index contributed by atoms with van der Waals surface area (Å²) in [6, 6.07) is 0. The van der Waals surface area contributed by atoms with E-state index in [1.54, 1.807) is 0 Å². The summed E-state index contributed by atoms with van der Waals surface area (Å²) in [4.78, 5) is 4.70. The van der Waals surface area contributed by atoms with Gasteiger partial charge in [0.05, 0.1) is 0 Å². The normalized spacial score (nSPS) is 11.2. The molecule has 0 atom stereocenters. The number of rotatable bonds is 4. The fourth-order valence-corrected chi connectivity index (χ4v) is 0.576. The average Bonchev–Trinajstić information content (AvgIpc) is 2.52. The van der Waals surface area contributed by atoms with E-state index in [9.17, 15) is 0 Å². The average molecular weight is 183 g/mol. The van der Waals surface area contributed by atoms with Gasteiger partial charge in [-0.25, -0.2) is 4.63 Å². The van der Waals surface area contributed by atoms with E-state index in [-0.39, 0.29) is 24.0 Å². The van der Waals surface area contributed by atoms with Crippen LogP contribution >= 0.6 is 0 Å². The van der Waals surface area contributed by atoms with Gasteiger partial charge in [-0.3, -0.25) is 0 Å². The number of amidine groups is 1. The van der Waals surface area contributed by atoms with Crippen molar-refractivity contribution in [1.82, 2.24) is 10.3 Å². The molecule has 4 N–H and O–H groups in total. The predicted octanol–water partition coefficient (Wildman–Crippen LogP) is -0.525. The van der Waals surface area contributed by atoms with Crippen LogP contribution in [0.5, 0.6) is 0 Å². The lowest BCUT2D eigenvalue weighted by molar-refractivity contribution is 0.174. The van der Waals surface area contributed by atoms with Crippen molar-refractivity contribution in [2.75, 3.05) is 12.3 Å². The molecular weight excluding hydrogens is 174 g/mol. The van der Waals surface area contributed by atoms with E-state index in [0.717, 1.165) is 0 Å². The Balaban J connectivity index is 2.67. The van der Waals surface area contributed by atoms with Crippen LogP contribution in [0, 0.1) is 0 Å². The Labute approximate surface area is 74.0 Å². The van der Waals surface area contributed by atoms with Crippen LogP contribution in [0.15, 0.2) is 22.4 Å². The molecule has 0 aliphatic carbocycles. The second kappa shape index (κ2) is 4.10. The van der Waals surface area contributed by atoms with Crippen LogP contribution in [0.4, 0.5) is 5.82 Å². The maximum absolute atomic E-state index is 5.43. The second-order valence-corrected chi connectivity index (χ2v) is 2.06. The van der Waals surface area contributed by atoms with E-state index in [1.165, 1.54) is 6.08 Å². The Bertz CT molecular complexity index is 319. The van der Waals surface area contributed by atoms with Gasteiger partial charge in [-0.1, -0.05) is 17.8 Å². The Kier molecular flexibility index (Phi) is 2.85. The first-order valence-corrected chi connectivity index (χ1v) is 3.40. The fourth-order valence-electron chi connectivity index (χ4n) is 0.576. The van der Waals surface area contributed by atoms with E-state index >= 15 is 0 Å². The van der Waals surface area contributed by atoms with Crippen LogP contribution in [0.25, 0.3) is 0 Å². The van der Waals surface area contributed by atoms with Crippen LogP contribution in [0.3, 0.4) is 0 Å². The summed E-state index contributed by atoms with van der Waals surface area (Å²) in [7, 11) is 0. The molecule has 0 bridgehead atoms. The molecule has 13 heavy (non-hydrogen) atoms. The first kappa shape index (κ1) is 9.04. The zero-order valence-corrected chi connectivity index (χ0v) is 6.80. The van der Waals surface area contributed by atoms with Gasteiger partial charge in [0.25, 0.3) is 0 Å². The van der Waals surface area contributed by atoms with E-state index in [0.29, 0.717) is 0 Å². The van der Waals surface area contributed by atoms with Gasteiger partial charge < -0.3 is 16.3 Å². The molecule has 0 aliphatic rings. The third kappa shape index (κ3) is 2.19. The molecule has 0 unspecified atom stereocenters. The van der Waals surface area contributed by atoms with Crippen LogP contribution in [0.2, 0.25) is 0 Å². The van der Waals surface area contributed by atoms with Crippen LogP contribution in [-0.4, -0.2) is 22.8 Å². The summed E-state index contributed by atoms with van der Waals surface area (Å²) in [5.74, 6) is 0.0871. The monoisotopic (exact) mass is 183 g/mol. The predicted molar refractivity (Wildman–Crippen MR) is 45.6 cm³/mol. The zero-order valence-electron chi connectivity index (χ0n) is 6.80. The van der Waals surface area contributed by atoms with Crippen molar-refractivity contribution in [3.63, 3.8) is 0 Å². The highest BCUT2D eigenvalue weighted by atomic mass is 16.6. The molecule has 0 saturated heterocycles. The lowest BCUT2D eigenvalue weighted by atomic mass is 10.4. The number of oxime groups is 1. The summed E-state index contributed by atoms with van der Waals surface area (Å²) in [6.45, 7) is 3.69. The summed E-state index contributed by atoms with van der Waals surface area (Å²) < 4.78 is 4.31. The largest absolute Gasteiger partial charge is 0.390 e. The van der Waals surface area contributed by atoms with Crippen molar-refractivity contribution in [2.24, 2.45) is 10.9 Å². The van der Waals surface area contributed by atoms with Gasteiger partial charge in [0.2, 0.25) is 0 Å². The minimum absolute atomic E-state index is 0.0144. The van der Waals surface area contributed by atoms with Crippen molar-refractivity contribution < 1.29 is 9.47 Å². The van der Waals surface area contributed by atoms with Crippen molar-refractivity contribution in [2.45, 2.75) is 0 Å². The third-order valence-electron chi connectivity index (χ3n) is 1.11. The summed E-state index contributed by atoms with van der Waals surface area (Å²) in [5.41, 5.74) is 10.9. The highest BCUT2D eigenvalue weighted by molar-refractivity contribution is 5.98. The van der Waals surface area contributed by atoms with E-state index in [2.05, 4.69) is 26.7 Å². The standard InChI is InChI=1S/C6H9N5O2/c1-2-3-12-10-5(7)4-6(8)11-13-9-4/h2H,1,3H2,(H2,7,10)(H2,8,11). The maximum atomic E-state index is 5.43. The molecule has 0 aliphatic heterocycles. The lowest BCUT2D eigenvalue weighted by Crippen LogP contribution is -2.16. The highest BCUT2D eigenvalue weighted by Gasteiger charge is 2.10. The second-order valence-electron chi connectivity index (χ2n) is 2.06. The molecule has 0 saturated carbocycles. The minimum Gasteiger partial charge on any atom is -0.390 e. The maximum Gasteiger partial charge on any atom is 0.199 e. The third-order valence-corrected chi connectivity index (χ3v) is 1.11. The van der Waals surface area contributed by atoms with Gasteiger partial charge in [-0.05, 0) is 10.3 Å². The number of hydrogen-bond acceptors (Lipinski definition) is 6. The molecule has 0 aromatic carbocycles. The Morgan fingerprint density at radius 1 is 1.69 bits per heavy atom. The molecule has 0 fully saturated rings. The smallest absolute Gasteiger partial charge is 0.199 e. The van der Waals surface area contributed by atoms with Crippen molar-refractivity contribution in [3.8, 4) is 0 Å². The molecule has 1 aromatic heterocycles. The first-order chi connectivity index (χ1) is 6.25. The van der Waals surface area contributed by atoms with E-state index in [1.807, 2.05) is 0 Å². The van der Waals surface area contributed by atoms with Crippen LogP contribution in [0.1, 0.15) is 5.69 Å². The fraction of sp³-hybridized carbons (Fsp3) is 0.167. The SMILES string of the molecule is C=CCON=C(N)c1nonc1N. The van der Waals surface area contributed by atoms with E-state index in [4.69, 9.17) is 16.3 Å². The van der Waals surface area contributed by atoms with Crippen molar-refractivity contribution in [3.05, 3.63) is 18.3 Å². The van der Waals surface area contributed by atoms with Crippen molar-refractivity contribution >= 4 is 11.7 Å². The number of hydrogen-bond donors (Lipinski definition) is 2. The molecule has 7 nitrogen and oxygen atoms in total. The quantitative estimate of drug-likeness (QED) is 0.213. The summed E-state index contributed by atoms with van der Waals surface area (Å²) >= 11 is 0. The molecule has 0 spiro atoms. The number of aromatic nitrogens is 2. The lowest BCUT2D eigenvalue weighted by Gasteiger charge is -1.95. The van der Waals surface area contributed by atoms with Gasteiger partial charge in [0.1, 0.15) is 6.61 Å². The topological polar surface area (TPSA) is 113 Å². The van der Waals surface area contributed by atoms with Crippen LogP contribution < -0.4 is 11.5 Å². The van der Waals surface area contributed by atoms with Crippen molar-refractivity contribution in [1.29, 1.82) is 0 Å².